The van der Waals surface area contributed by atoms with Crippen LogP contribution in [-0.2, 0) is 11.2 Å². The van der Waals surface area contributed by atoms with E-state index in [-0.39, 0.29) is 12.5 Å². The van der Waals surface area contributed by atoms with E-state index in [9.17, 15) is 4.79 Å². The van der Waals surface area contributed by atoms with Gasteiger partial charge in [-0.1, -0.05) is 30.3 Å². The summed E-state index contributed by atoms with van der Waals surface area (Å²) in [5.41, 5.74) is 1.21. The maximum atomic E-state index is 11.1. The van der Waals surface area contributed by atoms with Crippen molar-refractivity contribution in [3.05, 3.63) is 35.9 Å². The molecule has 1 aliphatic heterocycles. The molecule has 0 saturated carbocycles. The van der Waals surface area contributed by atoms with Gasteiger partial charge in [-0.2, -0.15) is 0 Å². The molecule has 0 spiro atoms. The van der Waals surface area contributed by atoms with Crippen LogP contribution >= 0.6 is 0 Å². The molecule has 4 heteroatoms. The van der Waals surface area contributed by atoms with E-state index in [4.69, 9.17) is 5.11 Å². The lowest BCUT2D eigenvalue weighted by molar-refractivity contribution is -0.138. The standard InChI is InChI=1S/C15H22N2O2/c18-15(19)12-14(11-13-5-2-1-3-6-13)17-9-4-7-16-8-10-17/h1-3,5-6,14,16H,4,7-12H2,(H,18,19). The van der Waals surface area contributed by atoms with Crippen LogP contribution in [0.25, 0.3) is 0 Å². The first kappa shape index (κ1) is 14.0. The van der Waals surface area contributed by atoms with Crippen molar-refractivity contribution in [3.8, 4) is 0 Å². The summed E-state index contributed by atoms with van der Waals surface area (Å²) >= 11 is 0. The molecule has 1 fully saturated rings. The fraction of sp³-hybridized carbons (Fsp3) is 0.533. The molecular weight excluding hydrogens is 240 g/mol. The molecule has 0 radical (unpaired) electrons. The topological polar surface area (TPSA) is 52.6 Å². The lowest BCUT2D eigenvalue weighted by atomic mass is 10.0. The second kappa shape index (κ2) is 7.26. The number of hydrogen-bond acceptors (Lipinski definition) is 3. The minimum absolute atomic E-state index is 0.0970. The summed E-state index contributed by atoms with van der Waals surface area (Å²) in [5, 5.41) is 12.5. The van der Waals surface area contributed by atoms with Crippen LogP contribution in [-0.4, -0.2) is 48.2 Å². The van der Waals surface area contributed by atoms with Crippen molar-refractivity contribution in [2.45, 2.75) is 25.3 Å². The van der Waals surface area contributed by atoms with Gasteiger partial charge in [-0.25, -0.2) is 0 Å². The molecular formula is C15H22N2O2. The van der Waals surface area contributed by atoms with Crippen LogP contribution in [0.1, 0.15) is 18.4 Å². The van der Waals surface area contributed by atoms with Crippen LogP contribution in [0.5, 0.6) is 0 Å². The van der Waals surface area contributed by atoms with Gasteiger partial charge >= 0.3 is 5.97 Å². The van der Waals surface area contributed by atoms with Crippen molar-refractivity contribution in [3.63, 3.8) is 0 Å². The summed E-state index contributed by atoms with van der Waals surface area (Å²) in [6.07, 6.45) is 2.12. The number of aliphatic carboxylic acids is 1. The Labute approximate surface area is 114 Å². The van der Waals surface area contributed by atoms with E-state index in [0.717, 1.165) is 39.0 Å². The monoisotopic (exact) mass is 262 g/mol. The highest BCUT2D eigenvalue weighted by molar-refractivity contribution is 5.67. The molecule has 1 unspecified atom stereocenters. The van der Waals surface area contributed by atoms with Crippen molar-refractivity contribution in [1.29, 1.82) is 0 Å². The fourth-order valence-electron chi connectivity index (χ4n) is 2.65. The molecule has 1 aromatic carbocycles. The van der Waals surface area contributed by atoms with Gasteiger partial charge in [0.15, 0.2) is 0 Å². The van der Waals surface area contributed by atoms with Gasteiger partial charge in [0, 0.05) is 19.1 Å². The van der Waals surface area contributed by atoms with Crippen LogP contribution in [0.15, 0.2) is 30.3 Å². The van der Waals surface area contributed by atoms with Crippen molar-refractivity contribution in [1.82, 2.24) is 10.2 Å². The molecule has 1 heterocycles. The van der Waals surface area contributed by atoms with E-state index in [2.05, 4.69) is 22.3 Å². The first-order valence-corrected chi connectivity index (χ1v) is 6.96. The second-order valence-electron chi connectivity index (χ2n) is 5.08. The number of nitrogens with zero attached hydrogens (tertiary/aromatic N) is 1. The van der Waals surface area contributed by atoms with Crippen molar-refractivity contribution < 1.29 is 9.90 Å². The van der Waals surface area contributed by atoms with Crippen LogP contribution in [0.2, 0.25) is 0 Å². The highest BCUT2D eigenvalue weighted by Crippen LogP contribution is 2.13. The van der Waals surface area contributed by atoms with Crippen molar-refractivity contribution >= 4 is 5.97 Å². The molecule has 4 nitrogen and oxygen atoms in total. The Bertz CT molecular complexity index is 386. The Hall–Kier alpha value is -1.39. The normalized spacial score (nSPS) is 18.7. The lowest BCUT2D eigenvalue weighted by Crippen LogP contribution is -2.40. The molecule has 1 atom stereocenters. The molecule has 0 aliphatic carbocycles. The number of carboxylic acid groups (broad SMARTS) is 1. The van der Waals surface area contributed by atoms with E-state index in [1.54, 1.807) is 0 Å². The highest BCUT2D eigenvalue weighted by atomic mass is 16.4. The maximum absolute atomic E-state index is 11.1. The van der Waals surface area contributed by atoms with Gasteiger partial charge in [-0.15, -0.1) is 0 Å². The minimum Gasteiger partial charge on any atom is -0.481 e. The molecule has 2 N–H and O–H groups in total. The Morgan fingerprint density at radius 3 is 2.79 bits per heavy atom. The van der Waals surface area contributed by atoms with Gasteiger partial charge in [-0.05, 0) is 31.5 Å². The van der Waals surface area contributed by atoms with Gasteiger partial charge < -0.3 is 10.4 Å². The second-order valence-corrected chi connectivity index (χ2v) is 5.08. The number of rotatable bonds is 5. The first-order valence-electron chi connectivity index (χ1n) is 6.96. The summed E-state index contributed by atoms with van der Waals surface area (Å²) < 4.78 is 0. The predicted octanol–water partition coefficient (Wildman–Crippen LogP) is 1.37. The van der Waals surface area contributed by atoms with E-state index in [0.29, 0.717) is 0 Å². The van der Waals surface area contributed by atoms with Crippen molar-refractivity contribution in [2.75, 3.05) is 26.2 Å². The largest absolute Gasteiger partial charge is 0.481 e. The summed E-state index contributed by atoms with van der Waals surface area (Å²) in [6.45, 7) is 3.90. The zero-order valence-electron chi connectivity index (χ0n) is 11.2. The average Bonchev–Trinajstić information content (AvgIpc) is 2.67. The zero-order chi connectivity index (χ0) is 13.5. The average molecular weight is 262 g/mol. The lowest BCUT2D eigenvalue weighted by Gasteiger charge is -2.29. The minimum atomic E-state index is -0.710. The summed E-state index contributed by atoms with van der Waals surface area (Å²) in [7, 11) is 0. The van der Waals surface area contributed by atoms with Gasteiger partial charge in [-0.3, -0.25) is 9.69 Å². The van der Waals surface area contributed by atoms with E-state index in [1.165, 1.54) is 5.56 Å². The Morgan fingerprint density at radius 1 is 1.26 bits per heavy atom. The van der Waals surface area contributed by atoms with E-state index < -0.39 is 5.97 Å². The molecule has 1 saturated heterocycles. The molecule has 0 bridgehead atoms. The zero-order valence-corrected chi connectivity index (χ0v) is 11.2. The van der Waals surface area contributed by atoms with Crippen LogP contribution in [0.3, 0.4) is 0 Å². The summed E-state index contributed by atoms with van der Waals surface area (Å²) in [4.78, 5) is 13.4. The SMILES string of the molecule is O=C(O)CC(Cc1ccccc1)N1CCCNCC1. The van der Waals surface area contributed by atoms with Crippen LogP contribution < -0.4 is 5.32 Å². The van der Waals surface area contributed by atoms with Gasteiger partial charge in [0.25, 0.3) is 0 Å². The number of nitrogens with one attached hydrogen (secondary N) is 1. The Kier molecular flexibility index (Phi) is 5.36. The maximum Gasteiger partial charge on any atom is 0.304 e. The summed E-state index contributed by atoms with van der Waals surface area (Å²) in [6, 6.07) is 10.3. The van der Waals surface area contributed by atoms with Crippen LogP contribution in [0.4, 0.5) is 0 Å². The molecule has 1 aliphatic rings. The molecule has 0 aromatic heterocycles. The Morgan fingerprint density at radius 2 is 2.05 bits per heavy atom. The van der Waals surface area contributed by atoms with Crippen molar-refractivity contribution in [2.24, 2.45) is 0 Å². The fourth-order valence-corrected chi connectivity index (χ4v) is 2.65. The molecule has 1 aromatic rings. The molecule has 0 amide bonds. The van der Waals surface area contributed by atoms with Gasteiger partial charge in [0.2, 0.25) is 0 Å². The molecule has 104 valence electrons. The van der Waals surface area contributed by atoms with Crippen LogP contribution in [0, 0.1) is 0 Å². The van der Waals surface area contributed by atoms with E-state index >= 15 is 0 Å². The molecule has 19 heavy (non-hydrogen) atoms. The Balaban J connectivity index is 2.03. The number of benzene rings is 1. The number of carbonyl (C=O) groups is 1. The third-order valence-corrected chi connectivity index (χ3v) is 3.62. The van der Waals surface area contributed by atoms with Gasteiger partial charge in [0.05, 0.1) is 6.42 Å². The third kappa shape index (κ3) is 4.65. The highest BCUT2D eigenvalue weighted by Gasteiger charge is 2.22. The number of carboxylic acids is 1. The first-order chi connectivity index (χ1) is 9.25. The third-order valence-electron chi connectivity index (χ3n) is 3.62. The van der Waals surface area contributed by atoms with Gasteiger partial charge in [0.1, 0.15) is 0 Å². The van der Waals surface area contributed by atoms with E-state index in [1.807, 2.05) is 18.2 Å². The summed E-state index contributed by atoms with van der Waals surface area (Å²) in [5.74, 6) is -0.710. The molecule has 2 rings (SSSR count). The number of hydrogen-bond donors (Lipinski definition) is 2. The smallest absolute Gasteiger partial charge is 0.304 e. The quantitative estimate of drug-likeness (QED) is 0.841. The predicted molar refractivity (Wildman–Crippen MR) is 75.2 cm³/mol.